The Balaban J connectivity index is 1.14. The van der Waals surface area contributed by atoms with Gasteiger partial charge in [-0.2, -0.15) is 0 Å². The van der Waals surface area contributed by atoms with Gasteiger partial charge >= 0.3 is 0 Å². The maximum atomic E-state index is 6.14. The van der Waals surface area contributed by atoms with Crippen LogP contribution in [0.25, 0.3) is 55.6 Å². The molecule has 3 heteroatoms. The van der Waals surface area contributed by atoms with Gasteiger partial charge < -0.3 is 9.32 Å². The third-order valence-electron chi connectivity index (χ3n) is 8.10. The number of aromatic nitrogens is 1. The van der Waals surface area contributed by atoms with Gasteiger partial charge in [0, 0.05) is 28.2 Å². The Morgan fingerprint density at radius 3 is 1.73 bits per heavy atom. The van der Waals surface area contributed by atoms with Crippen LogP contribution in [-0.4, -0.2) is 4.98 Å². The second-order valence-corrected chi connectivity index (χ2v) is 10.9. The summed E-state index contributed by atoms with van der Waals surface area (Å²) in [5.74, 6) is 0.632. The number of hydrogen-bond donors (Lipinski definition) is 0. The van der Waals surface area contributed by atoms with E-state index in [1.807, 2.05) is 42.5 Å². The van der Waals surface area contributed by atoms with Crippen LogP contribution in [0.4, 0.5) is 17.1 Å². The van der Waals surface area contributed by atoms with E-state index in [1.54, 1.807) is 0 Å². The van der Waals surface area contributed by atoms with Gasteiger partial charge in [0.05, 0.1) is 0 Å². The van der Waals surface area contributed by atoms with Gasteiger partial charge in [-0.05, 0) is 88.1 Å². The fourth-order valence-corrected chi connectivity index (χ4v) is 5.87. The van der Waals surface area contributed by atoms with E-state index in [1.165, 1.54) is 21.9 Å². The zero-order valence-corrected chi connectivity index (χ0v) is 24.0. The number of rotatable bonds is 6. The molecule has 0 saturated heterocycles. The highest BCUT2D eigenvalue weighted by molar-refractivity contribution is 5.93. The fourth-order valence-electron chi connectivity index (χ4n) is 5.87. The predicted molar refractivity (Wildman–Crippen MR) is 183 cm³/mol. The second-order valence-electron chi connectivity index (χ2n) is 10.9. The quantitative estimate of drug-likeness (QED) is 0.201. The van der Waals surface area contributed by atoms with Crippen molar-refractivity contribution in [3.8, 4) is 33.7 Å². The zero-order chi connectivity index (χ0) is 29.3. The lowest BCUT2D eigenvalue weighted by Crippen LogP contribution is -2.09. The molecule has 0 radical (unpaired) electrons. The van der Waals surface area contributed by atoms with Gasteiger partial charge in [-0.15, -0.1) is 0 Å². The predicted octanol–water partition coefficient (Wildman–Crippen LogP) is 11.5. The molecule has 0 spiro atoms. The summed E-state index contributed by atoms with van der Waals surface area (Å²) in [6.07, 6.45) is 0. The molecule has 0 N–H and O–H groups in total. The molecule has 0 fully saturated rings. The Hall–Kier alpha value is -5.93. The van der Waals surface area contributed by atoms with Crippen molar-refractivity contribution in [2.24, 2.45) is 0 Å². The Morgan fingerprint density at radius 1 is 0.409 bits per heavy atom. The molecule has 0 unspecified atom stereocenters. The van der Waals surface area contributed by atoms with Crippen molar-refractivity contribution in [1.29, 1.82) is 0 Å². The number of oxazole rings is 1. The van der Waals surface area contributed by atoms with Crippen molar-refractivity contribution in [3.63, 3.8) is 0 Å². The van der Waals surface area contributed by atoms with E-state index < -0.39 is 0 Å². The summed E-state index contributed by atoms with van der Waals surface area (Å²) in [6, 6.07) is 59.3. The maximum Gasteiger partial charge on any atom is 0.227 e. The Bertz CT molecular complexity index is 2200. The van der Waals surface area contributed by atoms with E-state index in [-0.39, 0.29) is 0 Å². The molecule has 8 rings (SSSR count). The molecule has 1 aromatic heterocycles. The molecule has 0 atom stereocenters. The van der Waals surface area contributed by atoms with Crippen LogP contribution >= 0.6 is 0 Å². The molecule has 0 aliphatic rings. The van der Waals surface area contributed by atoms with Crippen molar-refractivity contribution in [1.82, 2.24) is 4.98 Å². The van der Waals surface area contributed by atoms with Gasteiger partial charge in [0.15, 0.2) is 5.58 Å². The first kappa shape index (κ1) is 25.8. The lowest BCUT2D eigenvalue weighted by atomic mass is 10.0. The minimum absolute atomic E-state index is 0.632. The second kappa shape index (κ2) is 11.0. The zero-order valence-electron chi connectivity index (χ0n) is 24.0. The number of para-hydroxylation sites is 2. The van der Waals surface area contributed by atoms with Crippen LogP contribution in [-0.2, 0) is 0 Å². The average molecular weight is 565 g/mol. The third kappa shape index (κ3) is 4.81. The first-order chi connectivity index (χ1) is 21.8. The molecule has 0 aliphatic carbocycles. The van der Waals surface area contributed by atoms with E-state index in [4.69, 9.17) is 9.40 Å². The van der Waals surface area contributed by atoms with Crippen LogP contribution < -0.4 is 4.90 Å². The summed E-state index contributed by atoms with van der Waals surface area (Å²) < 4.78 is 6.14. The Morgan fingerprint density at radius 2 is 1.00 bits per heavy atom. The van der Waals surface area contributed by atoms with Crippen LogP contribution in [0.15, 0.2) is 174 Å². The lowest BCUT2D eigenvalue weighted by molar-refractivity contribution is 0.620. The van der Waals surface area contributed by atoms with Crippen molar-refractivity contribution in [2.45, 2.75) is 0 Å². The van der Waals surface area contributed by atoms with E-state index in [0.29, 0.717) is 5.89 Å². The summed E-state index contributed by atoms with van der Waals surface area (Å²) in [5.41, 5.74) is 10.4. The molecule has 1 heterocycles. The van der Waals surface area contributed by atoms with E-state index in [9.17, 15) is 0 Å². The normalized spacial score (nSPS) is 11.2. The minimum Gasteiger partial charge on any atom is -0.436 e. The summed E-state index contributed by atoms with van der Waals surface area (Å²) in [7, 11) is 0. The van der Waals surface area contributed by atoms with E-state index >= 15 is 0 Å². The van der Waals surface area contributed by atoms with Gasteiger partial charge in [-0.25, -0.2) is 4.98 Å². The summed E-state index contributed by atoms with van der Waals surface area (Å²) in [4.78, 5) is 7.17. The van der Waals surface area contributed by atoms with Gasteiger partial charge in [-0.1, -0.05) is 109 Å². The Labute approximate surface area is 256 Å². The van der Waals surface area contributed by atoms with Gasteiger partial charge in [-0.3, -0.25) is 0 Å². The van der Waals surface area contributed by atoms with Crippen LogP contribution in [0, 0.1) is 0 Å². The number of nitrogens with zero attached hydrogens (tertiary/aromatic N) is 2. The first-order valence-corrected chi connectivity index (χ1v) is 14.8. The SMILES string of the molecule is c1ccc(-c2nc3c(-c4ccc(N(c5ccccc5)c5ccc(-c6ccc7ccccc7c6)cc5)cc4)cccc3o2)cc1. The Kier molecular flexibility index (Phi) is 6.47. The molecule has 0 aliphatic heterocycles. The first-order valence-electron chi connectivity index (χ1n) is 14.8. The molecule has 0 amide bonds. The highest BCUT2D eigenvalue weighted by Gasteiger charge is 2.15. The minimum atomic E-state index is 0.632. The molecule has 0 bridgehead atoms. The van der Waals surface area contributed by atoms with Crippen molar-refractivity contribution in [3.05, 3.63) is 170 Å². The van der Waals surface area contributed by atoms with Crippen LogP contribution in [0.1, 0.15) is 0 Å². The maximum absolute atomic E-state index is 6.14. The molecule has 3 nitrogen and oxygen atoms in total. The highest BCUT2D eigenvalue weighted by atomic mass is 16.3. The van der Waals surface area contributed by atoms with Gasteiger partial charge in [0.2, 0.25) is 5.89 Å². The fraction of sp³-hybridized carbons (Fsp3) is 0. The highest BCUT2D eigenvalue weighted by Crippen LogP contribution is 2.38. The number of fused-ring (bicyclic) bond motifs is 2. The van der Waals surface area contributed by atoms with Gasteiger partial charge in [0.1, 0.15) is 5.52 Å². The summed E-state index contributed by atoms with van der Waals surface area (Å²) in [5, 5.41) is 2.50. The standard InChI is InChI=1S/C41H28N2O/c1-3-11-32(12-4-1)41-42-40-38(16-9-17-39(40)44-41)31-22-26-37(27-23-31)43(35-14-5-2-6-15-35)36-24-20-30(21-25-36)34-19-18-29-10-7-8-13-33(29)28-34/h1-28H. The number of anilines is 3. The third-order valence-corrected chi connectivity index (χ3v) is 8.10. The molecule has 208 valence electrons. The van der Waals surface area contributed by atoms with Crippen LogP contribution in [0.5, 0.6) is 0 Å². The summed E-state index contributed by atoms with van der Waals surface area (Å²) >= 11 is 0. The average Bonchev–Trinajstić information content (AvgIpc) is 3.55. The molecule has 7 aromatic carbocycles. The van der Waals surface area contributed by atoms with Crippen LogP contribution in [0.3, 0.4) is 0 Å². The number of hydrogen-bond acceptors (Lipinski definition) is 3. The smallest absolute Gasteiger partial charge is 0.227 e. The molecular formula is C41H28N2O. The molecule has 8 aromatic rings. The van der Waals surface area contributed by atoms with Crippen molar-refractivity contribution < 1.29 is 4.42 Å². The van der Waals surface area contributed by atoms with Crippen molar-refractivity contribution in [2.75, 3.05) is 4.90 Å². The van der Waals surface area contributed by atoms with Gasteiger partial charge in [0.25, 0.3) is 0 Å². The largest absolute Gasteiger partial charge is 0.436 e. The van der Waals surface area contributed by atoms with Crippen LogP contribution in [0.2, 0.25) is 0 Å². The molecular weight excluding hydrogens is 536 g/mol. The summed E-state index contributed by atoms with van der Waals surface area (Å²) in [6.45, 7) is 0. The topological polar surface area (TPSA) is 29.3 Å². The van der Waals surface area contributed by atoms with Crippen molar-refractivity contribution >= 4 is 38.9 Å². The lowest BCUT2D eigenvalue weighted by Gasteiger charge is -2.26. The number of benzene rings is 7. The van der Waals surface area contributed by atoms with E-state index in [2.05, 4.69) is 132 Å². The monoisotopic (exact) mass is 564 g/mol. The molecule has 0 saturated carbocycles. The molecule has 44 heavy (non-hydrogen) atoms. The van der Waals surface area contributed by atoms with E-state index in [0.717, 1.165) is 44.9 Å².